The molecule has 2 saturated heterocycles. The van der Waals surface area contributed by atoms with E-state index in [-0.39, 0.29) is 88.0 Å². The van der Waals surface area contributed by atoms with Crippen LogP contribution in [0.5, 0.6) is 11.8 Å². The summed E-state index contributed by atoms with van der Waals surface area (Å²) in [6.45, 7) is 8.80. The van der Waals surface area contributed by atoms with Crippen molar-refractivity contribution in [1.82, 2.24) is 46.8 Å². The number of guanidine groups is 1. The second-order valence-electron chi connectivity index (χ2n) is 22.8. The molecule has 7 unspecified atom stereocenters. The first-order valence-corrected chi connectivity index (χ1v) is 31.7. The number of aliphatic hydroxyl groups excluding tert-OH is 1. The van der Waals surface area contributed by atoms with Gasteiger partial charge < -0.3 is 105 Å². The Kier molecular flexibility index (Phi) is 29.5. The molecule has 14 atom stereocenters. The molecule has 0 aliphatic carbocycles. The third-order valence-electron chi connectivity index (χ3n) is 16.0. The molecule has 31 nitrogen and oxygen atoms in total. The minimum Gasteiger partial charge on any atom is -0.494 e. The Balaban J connectivity index is 1.26. The van der Waals surface area contributed by atoms with Crippen molar-refractivity contribution in [1.29, 1.82) is 0 Å². The van der Waals surface area contributed by atoms with E-state index in [0.717, 1.165) is 32.8 Å². The molecule has 3 aromatic rings. The first-order chi connectivity index (χ1) is 43.3. The highest BCUT2D eigenvalue weighted by molar-refractivity contribution is 7.99. The highest BCUT2D eigenvalue weighted by Gasteiger charge is 2.46. The van der Waals surface area contributed by atoms with E-state index >= 15 is 0 Å². The van der Waals surface area contributed by atoms with Crippen LogP contribution < -0.4 is 65.9 Å². The molecule has 8 amide bonds. The van der Waals surface area contributed by atoms with Gasteiger partial charge in [0.1, 0.15) is 54.6 Å². The summed E-state index contributed by atoms with van der Waals surface area (Å²) < 4.78 is 23.2. The number of nitrogens with zero attached hydrogens (tertiary/aromatic N) is 2. The molecule has 5 rings (SSSR count). The van der Waals surface area contributed by atoms with Crippen LogP contribution in [0.15, 0.2) is 46.4 Å². The number of hydrogen-bond acceptors (Lipinski definition) is 20. The van der Waals surface area contributed by atoms with Crippen molar-refractivity contribution in [3.8, 4) is 11.8 Å². The lowest BCUT2D eigenvalue weighted by atomic mass is 9.95. The Morgan fingerprint density at radius 2 is 1.36 bits per heavy atom. The van der Waals surface area contributed by atoms with Gasteiger partial charge in [0.05, 0.1) is 30.6 Å². The number of carbonyl (C=O) groups excluding carboxylic acids is 9. The maximum atomic E-state index is 14.5. The Hall–Kier alpha value is -7.75. The van der Waals surface area contributed by atoms with Crippen molar-refractivity contribution in [3.05, 3.63) is 42.1 Å². The van der Waals surface area contributed by atoms with Crippen molar-refractivity contribution >= 4 is 81.9 Å². The predicted octanol–water partition coefficient (Wildman–Crippen LogP) is -1.94. The number of nitrogens with one attached hydrogen (secondary N) is 8. The van der Waals surface area contributed by atoms with E-state index in [9.17, 15) is 58.5 Å². The quantitative estimate of drug-likeness (QED) is 0.00982. The van der Waals surface area contributed by atoms with E-state index in [0.29, 0.717) is 25.7 Å². The molecule has 506 valence electrons. The number of amides is 8. The fourth-order valence-electron chi connectivity index (χ4n) is 10.2. The number of nitrogens with two attached hydrogens (primary N) is 5. The van der Waals surface area contributed by atoms with Crippen LogP contribution in [0.25, 0.3) is 10.9 Å². The number of unbranched alkanes of at least 4 members (excludes halogenated alkanes) is 1. The SMILES string of the molecule is CCC(C)[C@H](NC(=O)[C@H](CCCCN)NC(=O)[C@@H](NC(=O)[C@H](CCC(N)=O)NC(=O)[C@H](CCCN=C(N)N)NC(=O)[C@@H](N)CSc1cc(O)n(CCC(=O)OC2COC3COC(C)OC3C2O)c1O)C(C)CC)C(=O)N[C@@H](Cc1c[nH]c2ccccc12)C(=O)NC. The van der Waals surface area contributed by atoms with Crippen LogP contribution in [-0.4, -0.2) is 196 Å². The average molecular weight is 1300 g/mol. The number of thioether (sulfide) groups is 1. The van der Waals surface area contributed by atoms with Gasteiger partial charge in [-0.3, -0.25) is 52.7 Å². The normalized spacial score (nSPS) is 20.1. The summed E-state index contributed by atoms with van der Waals surface area (Å²) >= 11 is 0.869. The Morgan fingerprint density at radius 3 is 1.98 bits per heavy atom. The van der Waals surface area contributed by atoms with Crippen molar-refractivity contribution in [3.63, 3.8) is 0 Å². The number of aliphatic hydroxyl groups is 1. The Labute approximate surface area is 532 Å². The lowest BCUT2D eigenvalue weighted by Gasteiger charge is -2.43. The van der Waals surface area contributed by atoms with Crippen LogP contribution in [0.1, 0.15) is 104 Å². The van der Waals surface area contributed by atoms with Crippen molar-refractivity contribution in [2.24, 2.45) is 45.5 Å². The second-order valence-corrected chi connectivity index (χ2v) is 23.9. The van der Waals surface area contributed by atoms with E-state index in [1.54, 1.807) is 33.9 Å². The molecule has 2 aliphatic heterocycles. The third kappa shape index (κ3) is 22.0. The maximum Gasteiger partial charge on any atom is 0.308 e. The molecular weight excluding hydrogens is 1210 g/mol. The zero-order chi connectivity index (χ0) is 67.1. The number of aromatic amines is 1. The fourth-order valence-corrected chi connectivity index (χ4v) is 11.2. The molecule has 0 spiro atoms. The molecule has 32 heteroatoms. The molecule has 21 N–H and O–H groups in total. The standard InChI is InChI=1S/C59H93N15O16S/c1-7-30(3)47(56(84)70-37(16-11-12-21-60)54(82)72-48(31(4)8-2)57(85)71-40(52(80)65-6)24-33-26-67-36-15-10-9-14-34(33)36)73-55(83)39(18-19-44(62)75)69-53(81)38(17-13-22-66-59(63)64)68-51(79)35(61)29-91-43-25-45(76)74(58(43)86)23-20-46(77)90-41-27-88-42-28-87-32(5)89-50(42)49(41)78/h9-10,14-15,25-26,30-32,35,37-42,47-50,67,76,78,86H,7-8,11-13,16-24,27-29,60-61H2,1-6H3,(H2,62,75)(H,65,80)(H,68,79)(H,69,81)(H,70,84)(H,71,85)(H,72,82)(H,73,83)(H4,63,64,66)/t30?,31?,32?,35-,37-,38-,39-,40-,41?,42?,47-,48-,49?,50?/m0/s1. The number of esters is 1. The number of aliphatic imine (C=N–C) groups is 1. The summed E-state index contributed by atoms with van der Waals surface area (Å²) in [5, 5.41) is 52.4. The highest BCUT2D eigenvalue weighted by atomic mass is 32.2. The van der Waals surface area contributed by atoms with Crippen LogP contribution in [0.4, 0.5) is 0 Å². The van der Waals surface area contributed by atoms with Gasteiger partial charge in [0.15, 0.2) is 24.2 Å². The third-order valence-corrected chi connectivity index (χ3v) is 17.2. The van der Waals surface area contributed by atoms with Crippen LogP contribution in [0, 0.1) is 11.8 Å². The minimum atomic E-state index is -1.54. The van der Waals surface area contributed by atoms with E-state index in [1.807, 2.05) is 31.2 Å². The summed E-state index contributed by atoms with van der Waals surface area (Å²) in [6, 6.07) is -0.420. The van der Waals surface area contributed by atoms with Crippen LogP contribution >= 0.6 is 11.8 Å². The van der Waals surface area contributed by atoms with Crippen LogP contribution in [0.2, 0.25) is 0 Å². The largest absolute Gasteiger partial charge is 0.494 e. The number of likely N-dealkylation sites (N-methyl/N-ethyl adjacent to an activating group) is 1. The summed E-state index contributed by atoms with van der Waals surface area (Å²) in [5.74, 6) is -9.32. The smallest absolute Gasteiger partial charge is 0.308 e. The fraction of sp³-hybridized carbons (Fsp3) is 0.627. The van der Waals surface area contributed by atoms with E-state index in [2.05, 4.69) is 47.2 Å². The van der Waals surface area contributed by atoms with Crippen molar-refractivity contribution in [2.45, 2.75) is 190 Å². The van der Waals surface area contributed by atoms with E-state index in [1.165, 1.54) is 13.1 Å². The summed E-state index contributed by atoms with van der Waals surface area (Å²) in [4.78, 5) is 131. The van der Waals surface area contributed by atoms with Gasteiger partial charge in [0.25, 0.3) is 0 Å². The highest BCUT2D eigenvalue weighted by Crippen LogP contribution is 2.36. The molecule has 0 bridgehead atoms. The van der Waals surface area contributed by atoms with Crippen molar-refractivity contribution < 1.29 is 77.4 Å². The molecule has 1 aromatic carbocycles. The lowest BCUT2D eigenvalue weighted by Crippen LogP contribution is -2.61. The minimum absolute atomic E-state index is 0.0159. The number of fused-ring (bicyclic) bond motifs is 2. The van der Waals surface area contributed by atoms with Gasteiger partial charge in [0, 0.05) is 61.9 Å². The van der Waals surface area contributed by atoms with E-state index < -0.39 is 156 Å². The molecule has 0 radical (unpaired) electrons. The Bertz CT molecular complexity index is 2980. The van der Waals surface area contributed by atoms with Gasteiger partial charge in [-0.1, -0.05) is 58.7 Å². The molecular formula is C59H93N15O16S. The molecule has 2 aromatic heterocycles. The number of carbonyl (C=O) groups is 9. The van der Waals surface area contributed by atoms with Gasteiger partial charge in [0.2, 0.25) is 53.1 Å². The predicted molar refractivity (Wildman–Crippen MR) is 335 cm³/mol. The van der Waals surface area contributed by atoms with Gasteiger partial charge >= 0.3 is 5.97 Å². The van der Waals surface area contributed by atoms with Crippen molar-refractivity contribution in [2.75, 3.05) is 39.1 Å². The number of benzene rings is 1. The van der Waals surface area contributed by atoms with Gasteiger partial charge in [-0.05, 0) is 75.5 Å². The molecule has 4 heterocycles. The van der Waals surface area contributed by atoms with Gasteiger partial charge in [-0.25, -0.2) is 0 Å². The average Bonchev–Trinajstić information content (AvgIpc) is 2.88. The molecule has 2 aliphatic rings. The number of rotatable bonds is 37. The lowest BCUT2D eigenvalue weighted by molar-refractivity contribution is -0.306. The first-order valence-electron chi connectivity index (χ1n) is 30.7. The molecule has 91 heavy (non-hydrogen) atoms. The molecule has 0 saturated carbocycles. The topological polar surface area (TPSA) is 499 Å². The number of ether oxygens (including phenoxy) is 4. The zero-order valence-corrected chi connectivity index (χ0v) is 53.2. The number of aromatic nitrogens is 2. The molecule has 2 fully saturated rings. The number of primary amides is 1. The monoisotopic (exact) mass is 1300 g/mol. The maximum absolute atomic E-state index is 14.5. The summed E-state index contributed by atoms with van der Waals surface area (Å²) in [6.07, 6.45) is -1.72. The van der Waals surface area contributed by atoms with Gasteiger partial charge in [-0.2, -0.15) is 0 Å². The number of aromatic hydroxyl groups is 2. The summed E-state index contributed by atoms with van der Waals surface area (Å²) in [7, 11) is 1.45. The Morgan fingerprint density at radius 1 is 0.769 bits per heavy atom. The summed E-state index contributed by atoms with van der Waals surface area (Å²) in [5.41, 5.74) is 30.3. The zero-order valence-electron chi connectivity index (χ0n) is 52.4. The van der Waals surface area contributed by atoms with Crippen LogP contribution in [0.3, 0.4) is 0 Å². The number of para-hydroxylation sites is 1. The van der Waals surface area contributed by atoms with Crippen LogP contribution in [-0.2, 0) is 75.1 Å². The number of H-pyrrole nitrogens is 1. The first kappa shape index (κ1) is 74.0. The van der Waals surface area contributed by atoms with E-state index in [4.69, 9.17) is 47.6 Å². The number of hydrogen-bond donors (Lipinski definition) is 16. The van der Waals surface area contributed by atoms with Gasteiger partial charge in [-0.15, -0.1) is 11.8 Å². The second kappa shape index (κ2) is 36.3.